The van der Waals surface area contributed by atoms with Crippen LogP contribution in [0.2, 0.25) is 0 Å². The molecule has 1 aliphatic heterocycles. The molecule has 1 rings (SSSR count). The highest BCUT2D eigenvalue weighted by atomic mass is 16.6. The maximum atomic E-state index is 11.3. The van der Waals surface area contributed by atoms with Crippen LogP contribution >= 0.6 is 0 Å². The molecule has 7 nitrogen and oxygen atoms in total. The molecular weight excluding hydrogens is 278 g/mol. The SMILES string of the molecule is CC(=O)NC1C(C)OC(COC(C)=O)C(OC(C)=O)C1C. The molecule has 5 atom stereocenters. The van der Waals surface area contributed by atoms with Crippen LogP contribution in [0.25, 0.3) is 0 Å². The lowest BCUT2D eigenvalue weighted by Gasteiger charge is -2.44. The van der Waals surface area contributed by atoms with Crippen LogP contribution in [-0.2, 0) is 28.6 Å². The highest BCUT2D eigenvalue weighted by molar-refractivity contribution is 5.73. The highest BCUT2D eigenvalue weighted by Gasteiger charge is 2.44. The second kappa shape index (κ2) is 7.40. The van der Waals surface area contributed by atoms with Gasteiger partial charge in [-0.3, -0.25) is 14.4 Å². The van der Waals surface area contributed by atoms with E-state index >= 15 is 0 Å². The van der Waals surface area contributed by atoms with Gasteiger partial charge in [-0.05, 0) is 6.92 Å². The van der Waals surface area contributed by atoms with E-state index in [1.165, 1.54) is 20.8 Å². The molecule has 5 unspecified atom stereocenters. The second-order valence-corrected chi connectivity index (χ2v) is 5.34. The lowest BCUT2D eigenvalue weighted by molar-refractivity contribution is -0.196. The second-order valence-electron chi connectivity index (χ2n) is 5.34. The normalized spacial score (nSPS) is 32.1. The van der Waals surface area contributed by atoms with Gasteiger partial charge in [0, 0.05) is 26.7 Å². The summed E-state index contributed by atoms with van der Waals surface area (Å²) >= 11 is 0. The smallest absolute Gasteiger partial charge is 0.303 e. The first-order chi connectivity index (χ1) is 9.72. The summed E-state index contributed by atoms with van der Waals surface area (Å²) in [6.07, 6.45) is -1.42. The van der Waals surface area contributed by atoms with Gasteiger partial charge in [-0.2, -0.15) is 0 Å². The summed E-state index contributed by atoms with van der Waals surface area (Å²) in [5.41, 5.74) is 0. The summed E-state index contributed by atoms with van der Waals surface area (Å²) in [7, 11) is 0. The van der Waals surface area contributed by atoms with Crippen LogP contribution in [-0.4, -0.2) is 48.8 Å². The average Bonchev–Trinajstić information content (AvgIpc) is 2.35. The fourth-order valence-electron chi connectivity index (χ4n) is 2.60. The Bertz CT molecular complexity index is 408. The first-order valence-electron chi connectivity index (χ1n) is 6.95. The van der Waals surface area contributed by atoms with E-state index in [2.05, 4.69) is 5.32 Å². The summed E-state index contributed by atoms with van der Waals surface area (Å²) in [6.45, 7) is 7.73. The zero-order valence-corrected chi connectivity index (χ0v) is 13.0. The van der Waals surface area contributed by atoms with Gasteiger partial charge in [-0.25, -0.2) is 0 Å². The molecule has 120 valence electrons. The van der Waals surface area contributed by atoms with E-state index in [1.807, 2.05) is 13.8 Å². The summed E-state index contributed by atoms with van der Waals surface area (Å²) < 4.78 is 16.0. The number of nitrogens with one attached hydrogen (secondary N) is 1. The number of rotatable bonds is 4. The first kappa shape index (κ1) is 17.4. The van der Waals surface area contributed by atoms with Crippen LogP contribution in [0.15, 0.2) is 0 Å². The van der Waals surface area contributed by atoms with Crippen LogP contribution in [0, 0.1) is 5.92 Å². The Morgan fingerprint density at radius 3 is 2.19 bits per heavy atom. The van der Waals surface area contributed by atoms with Crippen molar-refractivity contribution in [2.45, 2.75) is 59.0 Å². The minimum absolute atomic E-state index is 0.00868. The molecule has 0 aromatic heterocycles. The van der Waals surface area contributed by atoms with E-state index in [1.54, 1.807) is 0 Å². The lowest BCUT2D eigenvalue weighted by Crippen LogP contribution is -2.60. The third-order valence-corrected chi connectivity index (χ3v) is 3.47. The van der Waals surface area contributed by atoms with E-state index < -0.39 is 24.1 Å². The fraction of sp³-hybridized carbons (Fsp3) is 0.786. The molecule has 1 saturated heterocycles. The molecule has 7 heteroatoms. The van der Waals surface area contributed by atoms with E-state index in [0.717, 1.165) is 0 Å². The molecule has 0 radical (unpaired) electrons. The Kier molecular flexibility index (Phi) is 6.14. The number of hydrogen-bond acceptors (Lipinski definition) is 6. The topological polar surface area (TPSA) is 90.9 Å². The van der Waals surface area contributed by atoms with Gasteiger partial charge in [-0.1, -0.05) is 6.92 Å². The van der Waals surface area contributed by atoms with Crippen molar-refractivity contribution < 1.29 is 28.6 Å². The zero-order chi connectivity index (χ0) is 16.2. The van der Waals surface area contributed by atoms with Crippen molar-refractivity contribution in [3.8, 4) is 0 Å². The van der Waals surface area contributed by atoms with Crippen molar-refractivity contribution in [1.82, 2.24) is 5.32 Å². The number of amides is 1. The van der Waals surface area contributed by atoms with Gasteiger partial charge in [0.2, 0.25) is 5.91 Å². The zero-order valence-electron chi connectivity index (χ0n) is 13.0. The Morgan fingerprint density at radius 2 is 1.71 bits per heavy atom. The van der Waals surface area contributed by atoms with Crippen molar-refractivity contribution >= 4 is 17.8 Å². The van der Waals surface area contributed by atoms with E-state index in [-0.39, 0.29) is 30.6 Å². The van der Waals surface area contributed by atoms with Crippen molar-refractivity contribution in [2.24, 2.45) is 5.92 Å². The quantitative estimate of drug-likeness (QED) is 0.756. The van der Waals surface area contributed by atoms with Gasteiger partial charge in [0.1, 0.15) is 18.8 Å². The summed E-state index contributed by atoms with van der Waals surface area (Å²) in [6, 6.07) is -0.277. The van der Waals surface area contributed by atoms with Gasteiger partial charge < -0.3 is 19.5 Å². The first-order valence-corrected chi connectivity index (χ1v) is 6.95. The maximum absolute atomic E-state index is 11.3. The predicted molar refractivity (Wildman–Crippen MR) is 73.3 cm³/mol. The Balaban J connectivity index is 2.86. The molecule has 1 aliphatic rings. The third kappa shape index (κ3) is 5.00. The minimum Gasteiger partial charge on any atom is -0.463 e. The molecule has 0 aromatic carbocycles. The number of esters is 2. The minimum atomic E-state index is -0.588. The molecule has 1 fully saturated rings. The number of hydrogen-bond donors (Lipinski definition) is 1. The number of carbonyl (C=O) groups excluding carboxylic acids is 3. The lowest BCUT2D eigenvalue weighted by atomic mass is 9.86. The monoisotopic (exact) mass is 301 g/mol. The van der Waals surface area contributed by atoms with Gasteiger partial charge in [0.15, 0.2) is 0 Å². The van der Waals surface area contributed by atoms with Crippen molar-refractivity contribution in [3.05, 3.63) is 0 Å². The predicted octanol–water partition coefficient (Wildman–Crippen LogP) is 0.409. The molecule has 21 heavy (non-hydrogen) atoms. The van der Waals surface area contributed by atoms with Crippen LogP contribution < -0.4 is 5.32 Å². The largest absolute Gasteiger partial charge is 0.463 e. The molecule has 1 N–H and O–H groups in total. The van der Waals surface area contributed by atoms with Gasteiger partial charge >= 0.3 is 11.9 Å². The summed E-state index contributed by atoms with van der Waals surface area (Å²) in [5.74, 6) is -1.21. The van der Waals surface area contributed by atoms with Crippen LogP contribution in [0.1, 0.15) is 34.6 Å². The molecule has 0 bridgehead atoms. The van der Waals surface area contributed by atoms with Crippen LogP contribution in [0.3, 0.4) is 0 Å². The molecule has 0 spiro atoms. The van der Waals surface area contributed by atoms with E-state index in [9.17, 15) is 14.4 Å². The Labute approximate surface area is 124 Å². The highest BCUT2D eigenvalue weighted by Crippen LogP contribution is 2.28. The molecular formula is C14H23NO6. The maximum Gasteiger partial charge on any atom is 0.303 e. The van der Waals surface area contributed by atoms with Gasteiger partial charge in [0.05, 0.1) is 12.1 Å². The Morgan fingerprint density at radius 1 is 1.10 bits per heavy atom. The number of ether oxygens (including phenoxy) is 3. The van der Waals surface area contributed by atoms with Crippen LogP contribution in [0.4, 0.5) is 0 Å². The van der Waals surface area contributed by atoms with Crippen molar-refractivity contribution in [3.63, 3.8) is 0 Å². The molecule has 1 heterocycles. The fourth-order valence-corrected chi connectivity index (χ4v) is 2.60. The summed E-state index contributed by atoms with van der Waals surface area (Å²) in [4.78, 5) is 33.5. The summed E-state index contributed by atoms with van der Waals surface area (Å²) in [5, 5.41) is 2.81. The number of carbonyl (C=O) groups is 3. The Hall–Kier alpha value is -1.63. The van der Waals surface area contributed by atoms with E-state index in [0.29, 0.717) is 0 Å². The standard InChI is InChI=1S/C14H23NO6/c1-7-13(15-9(3)16)8(2)20-12(6-19-10(4)17)14(7)21-11(5)18/h7-8,12-14H,6H2,1-5H3,(H,15,16). The van der Waals surface area contributed by atoms with E-state index in [4.69, 9.17) is 14.2 Å². The molecule has 0 saturated carbocycles. The van der Waals surface area contributed by atoms with Crippen LogP contribution in [0.5, 0.6) is 0 Å². The molecule has 1 amide bonds. The molecule has 0 aliphatic carbocycles. The van der Waals surface area contributed by atoms with Gasteiger partial charge in [0.25, 0.3) is 0 Å². The van der Waals surface area contributed by atoms with Crippen molar-refractivity contribution in [2.75, 3.05) is 6.61 Å². The van der Waals surface area contributed by atoms with Gasteiger partial charge in [-0.15, -0.1) is 0 Å². The molecule has 0 aromatic rings. The van der Waals surface area contributed by atoms with Crippen molar-refractivity contribution in [1.29, 1.82) is 0 Å². The third-order valence-electron chi connectivity index (χ3n) is 3.47. The average molecular weight is 301 g/mol.